The zero-order valence-corrected chi connectivity index (χ0v) is 14.0. The first-order valence-corrected chi connectivity index (χ1v) is 7.87. The lowest BCUT2D eigenvalue weighted by atomic mass is 10.1. The molecule has 0 bridgehead atoms. The van der Waals surface area contributed by atoms with Gasteiger partial charge in [-0.2, -0.15) is 0 Å². The SMILES string of the molecule is CC(C)=C[C@@H]1[C@H](C(=O)NCCc2ccc(Cl)cc2)C1(C)C. The molecule has 2 rings (SSSR count). The number of hydrogen-bond donors (Lipinski definition) is 1. The molecule has 0 unspecified atom stereocenters. The van der Waals surface area contributed by atoms with Crippen molar-refractivity contribution in [3.05, 3.63) is 46.5 Å². The molecule has 114 valence electrons. The minimum Gasteiger partial charge on any atom is -0.355 e. The molecule has 2 nitrogen and oxygen atoms in total. The summed E-state index contributed by atoms with van der Waals surface area (Å²) in [5.41, 5.74) is 2.56. The largest absolute Gasteiger partial charge is 0.355 e. The van der Waals surface area contributed by atoms with Crippen molar-refractivity contribution >= 4 is 17.5 Å². The van der Waals surface area contributed by atoms with Gasteiger partial charge in [0, 0.05) is 11.6 Å². The van der Waals surface area contributed by atoms with E-state index in [9.17, 15) is 4.79 Å². The van der Waals surface area contributed by atoms with Crippen molar-refractivity contribution in [2.75, 3.05) is 6.54 Å². The van der Waals surface area contributed by atoms with Gasteiger partial charge < -0.3 is 5.32 Å². The van der Waals surface area contributed by atoms with E-state index in [2.05, 4.69) is 39.1 Å². The van der Waals surface area contributed by atoms with E-state index in [1.807, 2.05) is 24.3 Å². The lowest BCUT2D eigenvalue weighted by molar-refractivity contribution is -0.123. The summed E-state index contributed by atoms with van der Waals surface area (Å²) in [5, 5.41) is 3.81. The first-order chi connectivity index (χ1) is 9.82. The topological polar surface area (TPSA) is 29.1 Å². The molecular formula is C18H24ClNO. The third kappa shape index (κ3) is 3.88. The fourth-order valence-electron chi connectivity index (χ4n) is 2.94. The van der Waals surface area contributed by atoms with Crippen LogP contribution in [-0.2, 0) is 11.2 Å². The molecule has 0 aromatic heterocycles. The van der Waals surface area contributed by atoms with Gasteiger partial charge >= 0.3 is 0 Å². The van der Waals surface area contributed by atoms with Crippen LogP contribution in [0.4, 0.5) is 0 Å². The number of rotatable bonds is 5. The summed E-state index contributed by atoms with van der Waals surface area (Å²) in [6, 6.07) is 7.77. The summed E-state index contributed by atoms with van der Waals surface area (Å²) in [4.78, 5) is 12.3. The Morgan fingerprint density at radius 3 is 2.48 bits per heavy atom. The van der Waals surface area contributed by atoms with Gasteiger partial charge in [0.25, 0.3) is 0 Å². The normalized spacial score (nSPS) is 22.5. The van der Waals surface area contributed by atoms with Gasteiger partial charge in [0.15, 0.2) is 0 Å². The summed E-state index contributed by atoms with van der Waals surface area (Å²) >= 11 is 5.86. The van der Waals surface area contributed by atoms with Gasteiger partial charge in [-0.1, -0.05) is 49.2 Å². The summed E-state index contributed by atoms with van der Waals surface area (Å²) in [6.45, 7) is 9.18. The average molecular weight is 306 g/mol. The Morgan fingerprint density at radius 1 is 1.29 bits per heavy atom. The highest BCUT2D eigenvalue weighted by molar-refractivity contribution is 6.30. The molecule has 1 aliphatic rings. The first-order valence-electron chi connectivity index (χ1n) is 7.49. The highest BCUT2D eigenvalue weighted by atomic mass is 35.5. The van der Waals surface area contributed by atoms with Crippen LogP contribution in [-0.4, -0.2) is 12.5 Å². The molecule has 0 radical (unpaired) electrons. The van der Waals surface area contributed by atoms with E-state index in [0.29, 0.717) is 12.5 Å². The highest BCUT2D eigenvalue weighted by Gasteiger charge is 2.60. The molecule has 1 N–H and O–H groups in total. The minimum atomic E-state index is 0.0849. The van der Waals surface area contributed by atoms with E-state index in [4.69, 9.17) is 11.6 Å². The Balaban J connectivity index is 1.83. The van der Waals surface area contributed by atoms with Gasteiger partial charge in [-0.25, -0.2) is 0 Å². The number of nitrogens with one attached hydrogen (secondary N) is 1. The first kappa shape index (κ1) is 16.1. The van der Waals surface area contributed by atoms with Crippen LogP contribution in [0.5, 0.6) is 0 Å². The third-order valence-corrected chi connectivity index (χ3v) is 4.58. The van der Waals surface area contributed by atoms with E-state index in [0.717, 1.165) is 11.4 Å². The summed E-state index contributed by atoms with van der Waals surface area (Å²) in [6.07, 6.45) is 3.06. The summed E-state index contributed by atoms with van der Waals surface area (Å²) in [5.74, 6) is 0.659. The lowest BCUT2D eigenvalue weighted by Crippen LogP contribution is -2.28. The number of hydrogen-bond acceptors (Lipinski definition) is 1. The van der Waals surface area contributed by atoms with Crippen molar-refractivity contribution in [2.24, 2.45) is 17.3 Å². The molecule has 2 atom stereocenters. The molecule has 21 heavy (non-hydrogen) atoms. The summed E-state index contributed by atoms with van der Waals surface area (Å²) < 4.78 is 0. The van der Waals surface area contributed by atoms with Gasteiger partial charge in [-0.05, 0) is 49.3 Å². The number of allylic oxidation sites excluding steroid dienone is 2. The van der Waals surface area contributed by atoms with Gasteiger partial charge in [-0.3, -0.25) is 4.79 Å². The van der Waals surface area contributed by atoms with Crippen LogP contribution in [0.3, 0.4) is 0 Å². The molecule has 1 aliphatic carbocycles. The molecule has 1 aromatic carbocycles. The van der Waals surface area contributed by atoms with Crippen LogP contribution in [0.25, 0.3) is 0 Å². The van der Waals surface area contributed by atoms with Crippen molar-refractivity contribution in [1.82, 2.24) is 5.32 Å². The Hall–Kier alpha value is -1.28. The molecule has 3 heteroatoms. The highest BCUT2D eigenvalue weighted by Crippen LogP contribution is 2.59. The average Bonchev–Trinajstić information content (AvgIpc) is 2.92. The third-order valence-electron chi connectivity index (χ3n) is 4.33. The van der Waals surface area contributed by atoms with E-state index in [1.165, 1.54) is 11.1 Å². The number of carbonyl (C=O) groups is 1. The maximum absolute atomic E-state index is 12.3. The van der Waals surface area contributed by atoms with E-state index in [1.54, 1.807) is 0 Å². The Morgan fingerprint density at radius 2 is 1.90 bits per heavy atom. The Labute approximate surface area is 132 Å². The van der Waals surface area contributed by atoms with Crippen molar-refractivity contribution < 1.29 is 4.79 Å². The van der Waals surface area contributed by atoms with Crippen LogP contribution in [0.15, 0.2) is 35.9 Å². The molecule has 1 amide bonds. The molecule has 0 saturated heterocycles. The second-order valence-electron chi connectivity index (χ2n) is 6.74. The second kappa shape index (κ2) is 6.23. The molecular weight excluding hydrogens is 282 g/mol. The van der Waals surface area contributed by atoms with E-state index >= 15 is 0 Å². The van der Waals surface area contributed by atoms with Gasteiger partial charge in [0.2, 0.25) is 5.91 Å². The molecule has 1 fully saturated rings. The smallest absolute Gasteiger partial charge is 0.224 e. The van der Waals surface area contributed by atoms with E-state index < -0.39 is 0 Å². The van der Waals surface area contributed by atoms with Crippen LogP contribution < -0.4 is 5.32 Å². The molecule has 1 saturated carbocycles. The number of carbonyl (C=O) groups excluding carboxylic acids is 1. The van der Waals surface area contributed by atoms with Crippen LogP contribution in [0, 0.1) is 17.3 Å². The van der Waals surface area contributed by atoms with Crippen LogP contribution in [0.2, 0.25) is 5.02 Å². The van der Waals surface area contributed by atoms with Gasteiger partial charge in [0.05, 0.1) is 5.92 Å². The molecule has 0 heterocycles. The van der Waals surface area contributed by atoms with Crippen molar-refractivity contribution in [2.45, 2.75) is 34.1 Å². The Kier molecular flexibility index (Phi) is 4.77. The number of amides is 1. The van der Waals surface area contributed by atoms with Crippen molar-refractivity contribution in [1.29, 1.82) is 0 Å². The van der Waals surface area contributed by atoms with Gasteiger partial charge in [0.1, 0.15) is 0 Å². The predicted molar refractivity (Wildman–Crippen MR) is 88.4 cm³/mol. The molecule has 1 aromatic rings. The van der Waals surface area contributed by atoms with Crippen LogP contribution in [0.1, 0.15) is 33.3 Å². The zero-order valence-electron chi connectivity index (χ0n) is 13.2. The zero-order chi connectivity index (χ0) is 15.6. The fraction of sp³-hybridized carbons (Fsp3) is 0.500. The lowest BCUT2D eigenvalue weighted by Gasteiger charge is -2.06. The minimum absolute atomic E-state index is 0.0849. The van der Waals surface area contributed by atoms with Gasteiger partial charge in [-0.15, -0.1) is 0 Å². The van der Waals surface area contributed by atoms with Crippen molar-refractivity contribution in [3.8, 4) is 0 Å². The maximum atomic E-state index is 12.3. The van der Waals surface area contributed by atoms with Crippen LogP contribution >= 0.6 is 11.6 Å². The molecule has 0 spiro atoms. The molecule has 0 aliphatic heterocycles. The fourth-order valence-corrected chi connectivity index (χ4v) is 3.07. The Bertz CT molecular complexity index is 541. The quantitative estimate of drug-likeness (QED) is 0.810. The predicted octanol–water partition coefficient (Wildman–Crippen LogP) is 4.24. The van der Waals surface area contributed by atoms with Crippen molar-refractivity contribution in [3.63, 3.8) is 0 Å². The summed E-state index contributed by atoms with van der Waals surface area (Å²) in [7, 11) is 0. The monoisotopic (exact) mass is 305 g/mol. The van der Waals surface area contributed by atoms with E-state index in [-0.39, 0.29) is 17.2 Å². The number of halogens is 1. The second-order valence-corrected chi connectivity index (χ2v) is 7.17. The number of benzene rings is 1. The maximum Gasteiger partial charge on any atom is 0.224 e. The standard InChI is InChI=1S/C18H24ClNO/c1-12(2)11-15-16(18(15,3)4)17(21)20-10-9-13-5-7-14(19)8-6-13/h5-8,11,15-16H,9-10H2,1-4H3,(H,20,21)/t15-,16-/m1/s1.